The summed E-state index contributed by atoms with van der Waals surface area (Å²) in [5.41, 5.74) is 3.47. The van der Waals surface area contributed by atoms with Crippen LogP contribution in [0.4, 0.5) is 0 Å². The Labute approximate surface area is 104 Å². The Kier molecular flexibility index (Phi) is 3.64. The van der Waals surface area contributed by atoms with Gasteiger partial charge in [-0.05, 0) is 64.7 Å². The van der Waals surface area contributed by atoms with Crippen LogP contribution in [-0.4, -0.2) is 11.4 Å². The van der Waals surface area contributed by atoms with Gasteiger partial charge in [0.1, 0.15) is 12.0 Å². The molecule has 1 aromatic carbocycles. The van der Waals surface area contributed by atoms with Crippen molar-refractivity contribution >= 4 is 22.2 Å². The van der Waals surface area contributed by atoms with E-state index in [2.05, 4.69) is 22.0 Å². The Morgan fingerprint density at radius 1 is 1.38 bits per heavy atom. The number of hydrogen-bond acceptors (Lipinski definition) is 2. The third-order valence-corrected chi connectivity index (χ3v) is 4.02. The zero-order chi connectivity index (χ0) is 11.5. The molecule has 16 heavy (non-hydrogen) atoms. The molecule has 0 aliphatic heterocycles. The van der Waals surface area contributed by atoms with E-state index in [1.54, 1.807) is 0 Å². The maximum absolute atomic E-state index is 10.4. The molecular formula is C13H15BrO2. The summed E-state index contributed by atoms with van der Waals surface area (Å²) in [4.78, 5) is 10.4. The quantitative estimate of drug-likeness (QED) is 0.865. The largest absolute Gasteiger partial charge is 0.506 e. The van der Waals surface area contributed by atoms with Crippen molar-refractivity contribution in [3.63, 3.8) is 0 Å². The maximum atomic E-state index is 10.4. The molecule has 0 amide bonds. The van der Waals surface area contributed by atoms with E-state index in [1.165, 1.54) is 24.0 Å². The maximum Gasteiger partial charge on any atom is 0.133 e. The van der Waals surface area contributed by atoms with Crippen LogP contribution in [0.1, 0.15) is 36.0 Å². The lowest BCUT2D eigenvalue weighted by Crippen LogP contribution is -2.05. The fourth-order valence-corrected chi connectivity index (χ4v) is 3.01. The van der Waals surface area contributed by atoms with Crippen LogP contribution in [0.2, 0.25) is 0 Å². The predicted octanol–water partition coefficient (Wildman–Crippen LogP) is 3.17. The molecule has 0 radical (unpaired) electrons. The minimum Gasteiger partial charge on any atom is -0.506 e. The number of halogens is 1. The molecule has 3 heteroatoms. The van der Waals surface area contributed by atoms with Crippen molar-refractivity contribution < 1.29 is 9.90 Å². The summed E-state index contributed by atoms with van der Waals surface area (Å²) in [6, 6.07) is 2.07. The van der Waals surface area contributed by atoms with Gasteiger partial charge < -0.3 is 9.90 Å². The molecule has 1 aliphatic rings. The number of hydrogen-bond donors (Lipinski definition) is 1. The highest BCUT2D eigenvalue weighted by Crippen LogP contribution is 2.37. The Hall–Kier alpha value is -0.830. The minimum atomic E-state index is 0.322. The molecule has 86 valence electrons. The first-order chi connectivity index (χ1) is 7.74. The summed E-state index contributed by atoms with van der Waals surface area (Å²) in [6.45, 7) is 0. The SMILES string of the molecule is O=CCCc1cc2c(c(Br)c1O)CCCC2. The van der Waals surface area contributed by atoms with E-state index in [-0.39, 0.29) is 0 Å². The molecule has 0 bridgehead atoms. The Bertz CT molecular complexity index is 413. The summed E-state index contributed by atoms with van der Waals surface area (Å²) >= 11 is 3.47. The first-order valence-electron chi connectivity index (χ1n) is 5.69. The molecule has 0 unspecified atom stereocenters. The molecule has 2 nitrogen and oxygen atoms in total. The number of aromatic hydroxyl groups is 1. The van der Waals surface area contributed by atoms with Crippen LogP contribution in [0.15, 0.2) is 10.5 Å². The zero-order valence-corrected chi connectivity index (χ0v) is 10.7. The van der Waals surface area contributed by atoms with Crippen LogP contribution in [0.3, 0.4) is 0 Å². The molecule has 0 aromatic heterocycles. The van der Waals surface area contributed by atoms with Gasteiger partial charge in [0.15, 0.2) is 0 Å². The molecule has 0 atom stereocenters. The van der Waals surface area contributed by atoms with Gasteiger partial charge in [-0.1, -0.05) is 6.07 Å². The molecule has 1 aliphatic carbocycles. The fraction of sp³-hybridized carbons (Fsp3) is 0.462. The van der Waals surface area contributed by atoms with E-state index >= 15 is 0 Å². The highest BCUT2D eigenvalue weighted by atomic mass is 79.9. The van der Waals surface area contributed by atoms with Crippen LogP contribution in [0, 0.1) is 0 Å². The van der Waals surface area contributed by atoms with E-state index in [4.69, 9.17) is 0 Å². The highest BCUT2D eigenvalue weighted by Gasteiger charge is 2.17. The molecular weight excluding hydrogens is 268 g/mol. The Balaban J connectivity index is 2.39. The zero-order valence-electron chi connectivity index (χ0n) is 9.13. The number of carbonyl (C=O) groups is 1. The van der Waals surface area contributed by atoms with Crippen molar-refractivity contribution in [2.45, 2.75) is 38.5 Å². The van der Waals surface area contributed by atoms with E-state index in [9.17, 15) is 9.90 Å². The lowest BCUT2D eigenvalue weighted by molar-refractivity contribution is -0.107. The average Bonchev–Trinajstić information content (AvgIpc) is 2.32. The molecule has 0 saturated heterocycles. The van der Waals surface area contributed by atoms with Crippen molar-refractivity contribution in [3.05, 3.63) is 27.2 Å². The Morgan fingerprint density at radius 3 is 2.88 bits per heavy atom. The minimum absolute atomic E-state index is 0.322. The lowest BCUT2D eigenvalue weighted by Gasteiger charge is -2.20. The van der Waals surface area contributed by atoms with Gasteiger partial charge in [0, 0.05) is 6.42 Å². The number of aldehydes is 1. The van der Waals surface area contributed by atoms with Gasteiger partial charge >= 0.3 is 0 Å². The second-order valence-electron chi connectivity index (χ2n) is 4.25. The summed E-state index contributed by atoms with van der Waals surface area (Å²) < 4.78 is 0.839. The first kappa shape index (κ1) is 11.6. The first-order valence-corrected chi connectivity index (χ1v) is 6.49. The number of fused-ring (bicyclic) bond motifs is 1. The summed E-state index contributed by atoms with van der Waals surface area (Å²) in [5.74, 6) is 0.322. The van der Waals surface area contributed by atoms with Crippen molar-refractivity contribution in [1.29, 1.82) is 0 Å². The molecule has 0 fully saturated rings. The van der Waals surface area contributed by atoms with Crippen LogP contribution in [-0.2, 0) is 24.1 Å². The average molecular weight is 283 g/mol. The van der Waals surface area contributed by atoms with Crippen molar-refractivity contribution in [1.82, 2.24) is 0 Å². The van der Waals surface area contributed by atoms with E-state index in [0.717, 1.165) is 29.2 Å². The molecule has 0 spiro atoms. The topological polar surface area (TPSA) is 37.3 Å². The van der Waals surface area contributed by atoms with Gasteiger partial charge in [-0.25, -0.2) is 0 Å². The van der Waals surface area contributed by atoms with Crippen LogP contribution >= 0.6 is 15.9 Å². The third kappa shape index (κ3) is 2.14. The molecule has 0 saturated carbocycles. The number of phenols is 1. The van der Waals surface area contributed by atoms with Gasteiger partial charge in [-0.15, -0.1) is 0 Å². The number of carbonyl (C=O) groups excluding carboxylic acids is 1. The van der Waals surface area contributed by atoms with Crippen molar-refractivity contribution in [2.75, 3.05) is 0 Å². The second kappa shape index (κ2) is 5.00. The predicted molar refractivity (Wildman–Crippen MR) is 66.8 cm³/mol. The summed E-state index contributed by atoms with van der Waals surface area (Å²) in [6.07, 6.45) is 6.53. The number of rotatable bonds is 3. The molecule has 1 aromatic rings. The third-order valence-electron chi connectivity index (χ3n) is 3.17. The number of phenolic OH excluding ortho intramolecular Hbond substituents is 1. The van der Waals surface area contributed by atoms with E-state index < -0.39 is 0 Å². The Morgan fingerprint density at radius 2 is 2.12 bits per heavy atom. The van der Waals surface area contributed by atoms with Gasteiger partial charge in [-0.2, -0.15) is 0 Å². The highest BCUT2D eigenvalue weighted by molar-refractivity contribution is 9.10. The molecule has 2 rings (SSSR count). The molecule has 1 N–H and O–H groups in total. The lowest BCUT2D eigenvalue weighted by atomic mass is 9.89. The van der Waals surface area contributed by atoms with Gasteiger partial charge in [0.2, 0.25) is 0 Å². The van der Waals surface area contributed by atoms with Crippen LogP contribution < -0.4 is 0 Å². The monoisotopic (exact) mass is 282 g/mol. The van der Waals surface area contributed by atoms with Crippen LogP contribution in [0.25, 0.3) is 0 Å². The van der Waals surface area contributed by atoms with Gasteiger partial charge in [0.05, 0.1) is 4.47 Å². The standard InChI is InChI=1S/C13H15BrO2/c14-12-11-6-2-1-4-9(11)8-10(13(12)16)5-3-7-15/h7-8,16H,1-6H2. The van der Waals surface area contributed by atoms with Crippen LogP contribution in [0.5, 0.6) is 5.75 Å². The summed E-state index contributed by atoms with van der Waals surface area (Å²) in [5, 5.41) is 10.0. The van der Waals surface area contributed by atoms with Gasteiger partial charge in [-0.3, -0.25) is 0 Å². The number of benzene rings is 1. The van der Waals surface area contributed by atoms with Crippen molar-refractivity contribution in [2.24, 2.45) is 0 Å². The normalized spacial score (nSPS) is 14.6. The second-order valence-corrected chi connectivity index (χ2v) is 5.04. The van der Waals surface area contributed by atoms with Gasteiger partial charge in [0.25, 0.3) is 0 Å². The van der Waals surface area contributed by atoms with Crippen molar-refractivity contribution in [3.8, 4) is 5.75 Å². The summed E-state index contributed by atoms with van der Waals surface area (Å²) in [7, 11) is 0. The van der Waals surface area contributed by atoms with E-state index in [1.807, 2.05) is 0 Å². The molecule has 0 heterocycles. The number of aryl methyl sites for hydroxylation is 2. The van der Waals surface area contributed by atoms with E-state index in [0.29, 0.717) is 18.6 Å². The fourth-order valence-electron chi connectivity index (χ4n) is 2.31. The smallest absolute Gasteiger partial charge is 0.133 e.